The molecule has 2 fully saturated rings. The lowest BCUT2D eigenvalue weighted by atomic mass is 10.1. The number of para-hydroxylation sites is 1. The fourth-order valence-corrected chi connectivity index (χ4v) is 4.30. The van der Waals surface area contributed by atoms with E-state index >= 15 is 0 Å². The van der Waals surface area contributed by atoms with Gasteiger partial charge in [-0.2, -0.15) is 0 Å². The molecule has 1 heterocycles. The van der Waals surface area contributed by atoms with Gasteiger partial charge in [-0.3, -0.25) is 4.79 Å². The van der Waals surface area contributed by atoms with E-state index in [4.69, 9.17) is 9.47 Å². The number of rotatable bonds is 6. The summed E-state index contributed by atoms with van der Waals surface area (Å²) >= 11 is 0. The minimum Gasteiger partial charge on any atom is -0.489 e. The predicted octanol–water partition coefficient (Wildman–Crippen LogP) is 2.81. The van der Waals surface area contributed by atoms with Gasteiger partial charge in [0.2, 0.25) is 5.91 Å². The number of amides is 1. The smallest absolute Gasteiger partial charge is 0.227 e. The molecule has 0 aromatic heterocycles. The van der Waals surface area contributed by atoms with E-state index in [-0.39, 0.29) is 30.6 Å². The molecule has 5 nitrogen and oxygen atoms in total. The number of nitrogens with zero attached hydrogens (tertiary/aromatic N) is 1. The number of carbonyl (C=O) groups is 1. The number of hydrogen-bond donors (Lipinski definition) is 1. The van der Waals surface area contributed by atoms with Crippen LogP contribution in [0.25, 0.3) is 0 Å². The zero-order valence-corrected chi connectivity index (χ0v) is 16.0. The fourth-order valence-electron chi connectivity index (χ4n) is 4.30. The molecular formula is C23H27NO4. The average molecular weight is 381 g/mol. The zero-order valence-electron chi connectivity index (χ0n) is 16.0. The third-order valence-electron chi connectivity index (χ3n) is 5.76. The Hall–Kier alpha value is -2.37. The molecule has 0 bridgehead atoms. The standard InChI is InChI=1S/C23H27NO4/c25-15-18-12-20-22(13-18)27-11-10-24(20)23(26)14-19-8-4-5-9-21(19)28-16-17-6-2-1-3-7-17/h1-9,18,20,22,25H,10-16H2/t18-,20+,22?/m1/s1. The first kappa shape index (κ1) is 19.0. The van der Waals surface area contributed by atoms with Gasteiger partial charge in [-0.1, -0.05) is 48.5 Å². The summed E-state index contributed by atoms with van der Waals surface area (Å²) in [5.41, 5.74) is 2.00. The van der Waals surface area contributed by atoms with Crippen molar-refractivity contribution in [2.75, 3.05) is 19.8 Å². The van der Waals surface area contributed by atoms with Gasteiger partial charge in [0.15, 0.2) is 0 Å². The molecule has 2 aromatic carbocycles. The maximum atomic E-state index is 13.1. The largest absolute Gasteiger partial charge is 0.489 e. The lowest BCUT2D eigenvalue weighted by molar-refractivity contribution is -0.143. The number of morpholine rings is 1. The Kier molecular flexibility index (Phi) is 5.93. The normalized spacial score (nSPS) is 24.0. The van der Waals surface area contributed by atoms with Gasteiger partial charge in [-0.25, -0.2) is 0 Å². The van der Waals surface area contributed by atoms with Crippen LogP contribution in [0.15, 0.2) is 54.6 Å². The SMILES string of the molecule is O=C(Cc1ccccc1OCc1ccccc1)N1CCOC2C[C@H](CO)C[C@@H]21. The van der Waals surface area contributed by atoms with Crippen molar-refractivity contribution in [2.24, 2.45) is 5.92 Å². The fraction of sp³-hybridized carbons (Fsp3) is 0.435. The summed E-state index contributed by atoms with van der Waals surface area (Å²) in [5.74, 6) is 1.08. The van der Waals surface area contributed by atoms with E-state index in [1.165, 1.54) is 0 Å². The first-order valence-electron chi connectivity index (χ1n) is 10.0. The minimum absolute atomic E-state index is 0.0550. The lowest BCUT2D eigenvalue weighted by Gasteiger charge is -2.37. The molecule has 28 heavy (non-hydrogen) atoms. The molecule has 0 radical (unpaired) electrons. The van der Waals surface area contributed by atoms with Gasteiger partial charge < -0.3 is 19.5 Å². The Bertz CT molecular complexity index is 794. The molecule has 1 N–H and O–H groups in total. The molecule has 1 aliphatic carbocycles. The molecule has 3 atom stereocenters. The van der Waals surface area contributed by atoms with E-state index in [1.807, 2.05) is 59.5 Å². The molecule has 1 saturated heterocycles. The number of fused-ring (bicyclic) bond motifs is 1. The number of benzene rings is 2. The molecule has 1 unspecified atom stereocenters. The van der Waals surface area contributed by atoms with Crippen LogP contribution in [0.3, 0.4) is 0 Å². The Morgan fingerprint density at radius 3 is 2.71 bits per heavy atom. The second-order valence-electron chi connectivity index (χ2n) is 7.64. The van der Waals surface area contributed by atoms with Crippen LogP contribution in [0.1, 0.15) is 24.0 Å². The summed E-state index contributed by atoms with van der Waals surface area (Å²) < 4.78 is 11.9. The van der Waals surface area contributed by atoms with Crippen molar-refractivity contribution < 1.29 is 19.4 Å². The predicted molar refractivity (Wildman–Crippen MR) is 106 cm³/mol. The number of hydrogen-bond acceptors (Lipinski definition) is 4. The molecule has 1 amide bonds. The third-order valence-corrected chi connectivity index (χ3v) is 5.76. The van der Waals surface area contributed by atoms with Crippen LogP contribution in [-0.2, 0) is 22.6 Å². The summed E-state index contributed by atoms with van der Waals surface area (Å²) in [6.45, 7) is 1.82. The first-order valence-corrected chi connectivity index (χ1v) is 10.0. The van der Waals surface area contributed by atoms with Crippen molar-refractivity contribution >= 4 is 5.91 Å². The number of aliphatic hydroxyl groups excluding tert-OH is 1. The number of carbonyl (C=O) groups excluding carboxylic acids is 1. The monoisotopic (exact) mass is 381 g/mol. The van der Waals surface area contributed by atoms with Crippen LogP contribution < -0.4 is 4.74 Å². The van der Waals surface area contributed by atoms with E-state index in [1.54, 1.807) is 0 Å². The van der Waals surface area contributed by atoms with Crippen molar-refractivity contribution in [3.63, 3.8) is 0 Å². The maximum absolute atomic E-state index is 13.1. The summed E-state index contributed by atoms with van der Waals surface area (Å²) in [6, 6.07) is 17.9. The van der Waals surface area contributed by atoms with Crippen LogP contribution in [0, 0.1) is 5.92 Å². The van der Waals surface area contributed by atoms with Crippen molar-refractivity contribution in [1.82, 2.24) is 4.90 Å². The molecule has 0 spiro atoms. The second kappa shape index (κ2) is 8.76. The molecule has 2 aliphatic rings. The quantitative estimate of drug-likeness (QED) is 0.836. The van der Waals surface area contributed by atoms with Crippen molar-refractivity contribution in [2.45, 2.75) is 38.0 Å². The van der Waals surface area contributed by atoms with E-state index in [0.717, 1.165) is 29.7 Å². The van der Waals surface area contributed by atoms with Gasteiger partial charge in [-0.05, 0) is 30.4 Å². The maximum Gasteiger partial charge on any atom is 0.227 e. The van der Waals surface area contributed by atoms with Gasteiger partial charge in [0.1, 0.15) is 12.4 Å². The molecular weight excluding hydrogens is 354 g/mol. The summed E-state index contributed by atoms with van der Waals surface area (Å²) in [5, 5.41) is 9.49. The van der Waals surface area contributed by atoms with Gasteiger partial charge in [0.05, 0.1) is 25.2 Å². The highest BCUT2D eigenvalue weighted by Crippen LogP contribution is 2.34. The molecule has 1 saturated carbocycles. The number of ether oxygens (including phenoxy) is 2. The minimum atomic E-state index is 0.0550. The molecule has 1 aliphatic heterocycles. The Labute approximate surface area is 165 Å². The highest BCUT2D eigenvalue weighted by molar-refractivity contribution is 5.80. The van der Waals surface area contributed by atoms with Gasteiger partial charge in [0, 0.05) is 18.7 Å². The zero-order chi connectivity index (χ0) is 19.3. The Morgan fingerprint density at radius 2 is 1.89 bits per heavy atom. The highest BCUT2D eigenvalue weighted by Gasteiger charge is 2.42. The van der Waals surface area contributed by atoms with E-state index in [0.29, 0.717) is 26.2 Å². The van der Waals surface area contributed by atoms with Crippen molar-refractivity contribution in [3.05, 3.63) is 65.7 Å². The summed E-state index contributed by atoms with van der Waals surface area (Å²) in [7, 11) is 0. The summed E-state index contributed by atoms with van der Waals surface area (Å²) in [6.07, 6.45) is 2.03. The summed E-state index contributed by atoms with van der Waals surface area (Å²) in [4.78, 5) is 15.0. The van der Waals surface area contributed by atoms with Crippen LogP contribution in [0.2, 0.25) is 0 Å². The highest BCUT2D eigenvalue weighted by atomic mass is 16.5. The van der Waals surface area contributed by atoms with Crippen molar-refractivity contribution in [3.8, 4) is 5.75 Å². The molecule has 4 rings (SSSR count). The third kappa shape index (κ3) is 4.21. The van der Waals surface area contributed by atoms with Crippen LogP contribution in [-0.4, -0.2) is 47.8 Å². The Morgan fingerprint density at radius 1 is 1.11 bits per heavy atom. The van der Waals surface area contributed by atoms with Crippen molar-refractivity contribution in [1.29, 1.82) is 0 Å². The van der Waals surface area contributed by atoms with Crippen LogP contribution in [0.4, 0.5) is 0 Å². The van der Waals surface area contributed by atoms with Gasteiger partial charge >= 0.3 is 0 Å². The van der Waals surface area contributed by atoms with E-state index in [9.17, 15) is 9.90 Å². The topological polar surface area (TPSA) is 59.0 Å². The number of aliphatic hydroxyl groups is 1. The average Bonchev–Trinajstić information content (AvgIpc) is 3.17. The van der Waals surface area contributed by atoms with E-state index < -0.39 is 0 Å². The molecule has 148 valence electrons. The van der Waals surface area contributed by atoms with Gasteiger partial charge in [0.25, 0.3) is 0 Å². The second-order valence-corrected chi connectivity index (χ2v) is 7.64. The Balaban J connectivity index is 1.43. The van der Waals surface area contributed by atoms with Crippen LogP contribution >= 0.6 is 0 Å². The lowest BCUT2D eigenvalue weighted by Crippen LogP contribution is -2.51. The first-order chi connectivity index (χ1) is 13.7. The molecule has 5 heteroatoms. The van der Waals surface area contributed by atoms with Crippen LogP contribution in [0.5, 0.6) is 5.75 Å². The van der Waals surface area contributed by atoms with E-state index in [2.05, 4.69) is 0 Å². The molecule has 2 aromatic rings. The van der Waals surface area contributed by atoms with Gasteiger partial charge in [-0.15, -0.1) is 0 Å².